The minimum atomic E-state index is -0.359. The molecule has 0 radical (unpaired) electrons. The number of aryl methyl sites for hydroxylation is 1. The lowest BCUT2D eigenvalue weighted by Crippen LogP contribution is -2.36. The van der Waals surface area contributed by atoms with Gasteiger partial charge in [0, 0.05) is 18.1 Å². The number of hydrogen-bond donors (Lipinski definition) is 2. The van der Waals surface area contributed by atoms with E-state index in [2.05, 4.69) is 25.8 Å². The Morgan fingerprint density at radius 1 is 1.30 bits per heavy atom. The topological polar surface area (TPSA) is 92.9 Å². The fourth-order valence-electron chi connectivity index (χ4n) is 2.28. The van der Waals surface area contributed by atoms with Crippen molar-refractivity contribution in [3.8, 4) is 0 Å². The molecule has 2 N–H and O–H groups in total. The number of para-hydroxylation sites is 1. The van der Waals surface area contributed by atoms with Crippen LogP contribution in [0, 0.1) is 6.92 Å². The lowest BCUT2D eigenvalue weighted by molar-refractivity contribution is 0.233. The molecule has 2 heterocycles. The van der Waals surface area contributed by atoms with Crippen LogP contribution in [0.1, 0.15) is 30.2 Å². The van der Waals surface area contributed by atoms with Crippen molar-refractivity contribution in [1.82, 2.24) is 25.8 Å². The van der Waals surface area contributed by atoms with Gasteiger partial charge in [0.25, 0.3) is 0 Å². The van der Waals surface area contributed by atoms with Crippen molar-refractivity contribution in [2.45, 2.75) is 26.4 Å². The quantitative estimate of drug-likeness (QED) is 0.772. The van der Waals surface area contributed by atoms with E-state index in [1.807, 2.05) is 30.3 Å². The Balaban J connectivity index is 1.62. The zero-order valence-electron chi connectivity index (χ0n) is 12.9. The van der Waals surface area contributed by atoms with Gasteiger partial charge in [-0.3, -0.25) is 4.98 Å². The number of aromatic nitrogens is 3. The van der Waals surface area contributed by atoms with Crippen molar-refractivity contribution in [3.05, 3.63) is 53.8 Å². The maximum Gasteiger partial charge on any atom is 0.315 e. The molecule has 0 aliphatic heterocycles. The van der Waals surface area contributed by atoms with E-state index in [-0.39, 0.29) is 12.1 Å². The van der Waals surface area contributed by atoms with Crippen molar-refractivity contribution in [2.24, 2.45) is 0 Å². The predicted molar refractivity (Wildman–Crippen MR) is 84.6 cm³/mol. The molecule has 0 bridgehead atoms. The highest BCUT2D eigenvalue weighted by molar-refractivity contribution is 5.82. The molecule has 118 valence electrons. The number of urea groups is 1. The maximum atomic E-state index is 12.0. The standard InChI is InChI=1S/C16H17N5O2/c1-10(15-20-11(2)21-23-15)19-16(22)18-9-13-6-3-5-12-7-4-8-17-14(12)13/h3-8,10H,9H2,1-2H3,(H2,18,19,22)/t10-/m1/s1. The zero-order chi connectivity index (χ0) is 16.2. The highest BCUT2D eigenvalue weighted by Gasteiger charge is 2.15. The monoisotopic (exact) mass is 311 g/mol. The van der Waals surface area contributed by atoms with Gasteiger partial charge in [0.2, 0.25) is 5.89 Å². The van der Waals surface area contributed by atoms with Crippen LogP contribution >= 0.6 is 0 Å². The smallest absolute Gasteiger partial charge is 0.315 e. The Labute approximate surface area is 133 Å². The molecule has 0 unspecified atom stereocenters. The van der Waals surface area contributed by atoms with Gasteiger partial charge in [-0.1, -0.05) is 29.4 Å². The first-order chi connectivity index (χ1) is 11.1. The van der Waals surface area contributed by atoms with E-state index in [4.69, 9.17) is 4.52 Å². The van der Waals surface area contributed by atoms with Crippen molar-refractivity contribution in [1.29, 1.82) is 0 Å². The summed E-state index contributed by atoms with van der Waals surface area (Å²) >= 11 is 0. The highest BCUT2D eigenvalue weighted by atomic mass is 16.5. The van der Waals surface area contributed by atoms with Crippen LogP contribution in [0.5, 0.6) is 0 Å². The number of nitrogens with zero attached hydrogens (tertiary/aromatic N) is 3. The molecule has 2 aromatic heterocycles. The van der Waals surface area contributed by atoms with Crippen LogP contribution < -0.4 is 10.6 Å². The summed E-state index contributed by atoms with van der Waals surface area (Å²) in [5.41, 5.74) is 1.84. The summed E-state index contributed by atoms with van der Waals surface area (Å²) in [4.78, 5) is 20.5. The molecule has 0 aliphatic carbocycles. The van der Waals surface area contributed by atoms with Crippen molar-refractivity contribution < 1.29 is 9.32 Å². The summed E-state index contributed by atoms with van der Waals surface area (Å²) < 4.78 is 5.03. The first kappa shape index (κ1) is 15.0. The number of carbonyl (C=O) groups is 1. The molecule has 23 heavy (non-hydrogen) atoms. The summed E-state index contributed by atoms with van der Waals surface area (Å²) in [5, 5.41) is 10.3. The van der Waals surface area contributed by atoms with Crippen LogP contribution in [0.3, 0.4) is 0 Å². The van der Waals surface area contributed by atoms with Gasteiger partial charge in [0.15, 0.2) is 5.82 Å². The number of rotatable bonds is 4. The van der Waals surface area contributed by atoms with Gasteiger partial charge < -0.3 is 15.2 Å². The molecule has 0 saturated heterocycles. The number of nitrogens with one attached hydrogen (secondary N) is 2. The second kappa shape index (κ2) is 6.43. The van der Waals surface area contributed by atoms with Crippen LogP contribution in [0.4, 0.5) is 4.79 Å². The number of benzene rings is 1. The Hall–Kier alpha value is -2.96. The Morgan fingerprint density at radius 3 is 2.91 bits per heavy atom. The molecule has 1 aromatic carbocycles. The summed E-state index contributed by atoms with van der Waals surface area (Å²) in [6.45, 7) is 3.90. The first-order valence-electron chi connectivity index (χ1n) is 7.30. The molecular formula is C16H17N5O2. The molecule has 0 saturated carbocycles. The van der Waals surface area contributed by atoms with Gasteiger partial charge in [0.05, 0.1) is 5.52 Å². The van der Waals surface area contributed by atoms with Crippen LogP contribution in [0.25, 0.3) is 10.9 Å². The normalized spacial score (nSPS) is 12.1. The lowest BCUT2D eigenvalue weighted by Gasteiger charge is -2.12. The minimum absolute atomic E-state index is 0.304. The third-order valence-electron chi connectivity index (χ3n) is 3.42. The largest absolute Gasteiger partial charge is 0.337 e. The summed E-state index contributed by atoms with van der Waals surface area (Å²) in [5.74, 6) is 0.917. The third kappa shape index (κ3) is 3.45. The second-order valence-electron chi connectivity index (χ2n) is 5.22. The van der Waals surface area contributed by atoms with Gasteiger partial charge >= 0.3 is 6.03 Å². The van der Waals surface area contributed by atoms with Gasteiger partial charge in [-0.2, -0.15) is 4.98 Å². The summed E-state index contributed by atoms with van der Waals surface area (Å²) in [6, 6.07) is 9.10. The van der Waals surface area contributed by atoms with E-state index in [9.17, 15) is 4.79 Å². The van der Waals surface area contributed by atoms with Crippen LogP contribution in [0.15, 0.2) is 41.1 Å². The molecular weight excluding hydrogens is 294 g/mol. The molecule has 2 amide bonds. The SMILES string of the molecule is Cc1noc([C@@H](C)NC(=O)NCc2cccc3cccnc23)n1. The fraction of sp³-hybridized carbons (Fsp3) is 0.250. The van der Waals surface area contributed by atoms with Gasteiger partial charge in [-0.05, 0) is 25.5 Å². The Morgan fingerprint density at radius 2 is 2.13 bits per heavy atom. The fourth-order valence-corrected chi connectivity index (χ4v) is 2.28. The van der Waals surface area contributed by atoms with E-state index >= 15 is 0 Å². The van der Waals surface area contributed by atoms with E-state index in [1.165, 1.54) is 0 Å². The molecule has 0 aliphatic rings. The maximum absolute atomic E-state index is 12.0. The Kier molecular flexibility index (Phi) is 4.18. The third-order valence-corrected chi connectivity index (χ3v) is 3.42. The zero-order valence-corrected chi connectivity index (χ0v) is 12.9. The van der Waals surface area contributed by atoms with E-state index < -0.39 is 0 Å². The Bertz CT molecular complexity index is 825. The van der Waals surface area contributed by atoms with Gasteiger partial charge in [0.1, 0.15) is 6.04 Å². The molecule has 1 atom stereocenters. The van der Waals surface area contributed by atoms with Crippen molar-refractivity contribution in [3.63, 3.8) is 0 Å². The number of amides is 2. The van der Waals surface area contributed by atoms with Crippen LogP contribution in [-0.4, -0.2) is 21.2 Å². The second-order valence-corrected chi connectivity index (χ2v) is 5.22. The van der Waals surface area contributed by atoms with Crippen LogP contribution in [0.2, 0.25) is 0 Å². The lowest BCUT2D eigenvalue weighted by atomic mass is 10.1. The summed E-state index contributed by atoms with van der Waals surface area (Å²) in [6.07, 6.45) is 1.74. The average Bonchev–Trinajstić information content (AvgIpc) is 2.99. The van der Waals surface area contributed by atoms with E-state index in [1.54, 1.807) is 20.0 Å². The van der Waals surface area contributed by atoms with Crippen molar-refractivity contribution >= 4 is 16.9 Å². The molecule has 3 aromatic rings. The number of carbonyl (C=O) groups excluding carboxylic acids is 1. The van der Waals surface area contributed by atoms with Crippen molar-refractivity contribution in [2.75, 3.05) is 0 Å². The summed E-state index contributed by atoms with van der Waals surface area (Å²) in [7, 11) is 0. The predicted octanol–water partition coefficient (Wildman–Crippen LogP) is 2.49. The molecule has 0 fully saturated rings. The molecule has 7 nitrogen and oxygen atoms in total. The number of pyridine rings is 1. The van der Waals surface area contributed by atoms with Gasteiger partial charge in [-0.25, -0.2) is 4.79 Å². The van der Waals surface area contributed by atoms with E-state index in [0.717, 1.165) is 16.5 Å². The molecule has 7 heteroatoms. The van der Waals surface area contributed by atoms with E-state index in [0.29, 0.717) is 18.3 Å². The highest BCUT2D eigenvalue weighted by Crippen LogP contribution is 2.15. The molecule has 0 spiro atoms. The number of hydrogen-bond acceptors (Lipinski definition) is 5. The average molecular weight is 311 g/mol. The van der Waals surface area contributed by atoms with Crippen LogP contribution in [-0.2, 0) is 6.54 Å². The first-order valence-corrected chi connectivity index (χ1v) is 7.30. The number of fused-ring (bicyclic) bond motifs is 1. The minimum Gasteiger partial charge on any atom is -0.337 e. The van der Waals surface area contributed by atoms with Gasteiger partial charge in [-0.15, -0.1) is 0 Å². The molecule has 3 rings (SSSR count).